The molecule has 0 saturated carbocycles. The third-order valence-corrected chi connectivity index (χ3v) is 9.90. The van der Waals surface area contributed by atoms with Crippen LogP contribution in [0.1, 0.15) is 0 Å². The number of fused-ring (bicyclic) bond motifs is 8. The van der Waals surface area contributed by atoms with E-state index in [9.17, 15) is 0 Å². The summed E-state index contributed by atoms with van der Waals surface area (Å²) in [5, 5.41) is 9.06. The van der Waals surface area contributed by atoms with Crippen LogP contribution in [0.25, 0.3) is 76.6 Å². The lowest BCUT2D eigenvalue weighted by atomic mass is 9.92. The molecule has 0 saturated heterocycles. The number of hydrogen-bond donors (Lipinski definition) is 0. The average Bonchev–Trinajstić information content (AvgIpc) is 3.21. The largest absolute Gasteiger partial charge is 0.308 e. The molecule has 10 aromatic rings. The Balaban J connectivity index is 1.30. The van der Waals surface area contributed by atoms with Crippen LogP contribution >= 0.6 is 0 Å². The van der Waals surface area contributed by atoms with Crippen LogP contribution in [0.2, 0.25) is 0 Å². The van der Waals surface area contributed by atoms with Crippen molar-refractivity contribution in [2.45, 2.75) is 0 Å². The predicted molar refractivity (Wildman–Crippen MR) is 213 cm³/mol. The van der Waals surface area contributed by atoms with E-state index in [0.29, 0.717) is 0 Å². The molecule has 0 atom stereocenters. The number of aromatic nitrogens is 3. The van der Waals surface area contributed by atoms with Gasteiger partial charge < -0.3 is 4.90 Å². The summed E-state index contributed by atoms with van der Waals surface area (Å²) in [6.07, 6.45) is 3.75. The summed E-state index contributed by atoms with van der Waals surface area (Å²) in [6, 6.07) is 59.9. The minimum absolute atomic E-state index is 0.897. The minimum atomic E-state index is 0.897. The molecule has 7 aromatic carbocycles. The fourth-order valence-corrected chi connectivity index (χ4v) is 7.56. The van der Waals surface area contributed by atoms with Crippen LogP contribution in [0, 0.1) is 0 Å². The van der Waals surface area contributed by atoms with Gasteiger partial charge in [0, 0.05) is 61.8 Å². The molecule has 0 aliphatic heterocycles. The van der Waals surface area contributed by atoms with Gasteiger partial charge in [0.15, 0.2) is 0 Å². The van der Waals surface area contributed by atoms with Gasteiger partial charge in [0.1, 0.15) is 0 Å². The number of hydrogen-bond acceptors (Lipinski definition) is 4. The van der Waals surface area contributed by atoms with E-state index in [1.165, 1.54) is 16.2 Å². The van der Waals surface area contributed by atoms with Gasteiger partial charge >= 0.3 is 0 Å². The lowest BCUT2D eigenvalue weighted by molar-refractivity contribution is 1.28. The molecule has 0 N–H and O–H groups in total. The summed E-state index contributed by atoms with van der Waals surface area (Å²) in [7, 11) is 0. The number of nitrogens with zero attached hydrogens (tertiary/aromatic N) is 4. The van der Waals surface area contributed by atoms with Gasteiger partial charge in [0.25, 0.3) is 0 Å². The molecule has 0 spiro atoms. The fraction of sp³-hybridized carbons (Fsp3) is 0. The second kappa shape index (κ2) is 11.9. The quantitative estimate of drug-likeness (QED) is 0.174. The monoisotopic (exact) mass is 650 g/mol. The van der Waals surface area contributed by atoms with E-state index in [-0.39, 0.29) is 0 Å². The normalized spacial score (nSPS) is 11.5. The summed E-state index contributed by atoms with van der Waals surface area (Å²) in [6.45, 7) is 0. The van der Waals surface area contributed by atoms with Gasteiger partial charge in [0.2, 0.25) is 0 Å². The van der Waals surface area contributed by atoms with E-state index in [1.807, 2.05) is 18.5 Å². The third kappa shape index (κ3) is 4.80. The molecule has 51 heavy (non-hydrogen) atoms. The Labute approximate surface area is 294 Å². The van der Waals surface area contributed by atoms with Crippen molar-refractivity contribution >= 4 is 71.2 Å². The molecule has 0 bridgehead atoms. The molecule has 0 aliphatic carbocycles. The van der Waals surface area contributed by atoms with Crippen molar-refractivity contribution in [1.82, 2.24) is 15.0 Å². The van der Waals surface area contributed by atoms with Crippen molar-refractivity contribution < 1.29 is 0 Å². The van der Waals surface area contributed by atoms with Gasteiger partial charge in [-0.15, -0.1) is 0 Å². The SMILES string of the molecule is c1ccc(N(c2ccccc2)c2cccc3c2nc(-c2ccccc2-c2ccc4ccc5ccncc5c4n2)c2ccc4ccccc4c23)cc1. The molecule has 4 heteroatoms. The highest BCUT2D eigenvalue weighted by molar-refractivity contribution is 6.24. The molecule has 0 fully saturated rings. The van der Waals surface area contributed by atoms with Crippen LogP contribution in [0.3, 0.4) is 0 Å². The molecule has 3 aromatic heterocycles. The summed E-state index contributed by atoms with van der Waals surface area (Å²) >= 11 is 0. The fourth-order valence-electron chi connectivity index (χ4n) is 7.56. The van der Waals surface area contributed by atoms with Gasteiger partial charge in [-0.25, -0.2) is 9.97 Å². The standard InChI is InChI=1S/C47H30N4/c1-3-13-34(14-4-1)51(35-15-5-2-6-16-35)43-21-11-20-39-44-36-17-8-7-12-31(36)24-26-40(44)46(50-47(39)43)38-19-10-9-18-37(38)42-27-25-33-23-22-32-28-29-48-30-41(32)45(33)49-42/h1-30H. The van der Waals surface area contributed by atoms with E-state index >= 15 is 0 Å². The van der Waals surface area contributed by atoms with Gasteiger partial charge in [-0.2, -0.15) is 0 Å². The van der Waals surface area contributed by atoms with Crippen LogP contribution in [0.5, 0.6) is 0 Å². The first-order valence-corrected chi connectivity index (χ1v) is 17.2. The zero-order valence-electron chi connectivity index (χ0n) is 27.6. The summed E-state index contributed by atoms with van der Waals surface area (Å²) in [4.78, 5) is 17.7. The highest BCUT2D eigenvalue weighted by atomic mass is 15.1. The van der Waals surface area contributed by atoms with Crippen molar-refractivity contribution in [2.75, 3.05) is 4.90 Å². The number of pyridine rings is 3. The molecule has 238 valence electrons. The Morgan fingerprint density at radius 1 is 0.392 bits per heavy atom. The molecular weight excluding hydrogens is 621 g/mol. The number of para-hydroxylation sites is 3. The molecule has 0 unspecified atom stereocenters. The van der Waals surface area contributed by atoms with Gasteiger partial charge in [-0.05, 0) is 58.6 Å². The Bertz CT molecular complexity index is 2880. The van der Waals surface area contributed by atoms with Gasteiger partial charge in [0.05, 0.1) is 28.1 Å². The summed E-state index contributed by atoms with van der Waals surface area (Å²) in [5.41, 5.74) is 8.91. The lowest BCUT2D eigenvalue weighted by Gasteiger charge is -2.27. The Morgan fingerprint density at radius 3 is 1.86 bits per heavy atom. The second-order valence-corrected chi connectivity index (χ2v) is 12.8. The molecule has 0 aliphatic rings. The predicted octanol–water partition coefficient (Wildman–Crippen LogP) is 12.4. The Kier molecular flexibility index (Phi) is 6.78. The second-order valence-electron chi connectivity index (χ2n) is 12.8. The number of rotatable bonds is 5. The molecule has 10 rings (SSSR count). The van der Waals surface area contributed by atoms with Crippen LogP contribution in [-0.4, -0.2) is 15.0 Å². The summed E-state index contributed by atoms with van der Waals surface area (Å²) in [5.74, 6) is 0. The van der Waals surface area contributed by atoms with Crippen molar-refractivity contribution in [2.24, 2.45) is 0 Å². The maximum absolute atomic E-state index is 5.67. The van der Waals surface area contributed by atoms with Crippen LogP contribution in [-0.2, 0) is 0 Å². The third-order valence-electron chi connectivity index (χ3n) is 9.90. The van der Waals surface area contributed by atoms with Gasteiger partial charge in [-0.3, -0.25) is 4.98 Å². The average molecular weight is 651 g/mol. The zero-order valence-corrected chi connectivity index (χ0v) is 27.6. The number of benzene rings is 7. The van der Waals surface area contributed by atoms with Crippen LogP contribution < -0.4 is 4.90 Å². The van der Waals surface area contributed by atoms with E-state index in [1.54, 1.807) is 0 Å². The zero-order chi connectivity index (χ0) is 33.7. The van der Waals surface area contributed by atoms with E-state index < -0.39 is 0 Å². The Hall–Kier alpha value is -6.91. The van der Waals surface area contributed by atoms with E-state index in [0.717, 1.165) is 77.5 Å². The van der Waals surface area contributed by atoms with Crippen LogP contribution in [0.15, 0.2) is 182 Å². The first-order valence-electron chi connectivity index (χ1n) is 17.2. The van der Waals surface area contributed by atoms with E-state index in [4.69, 9.17) is 9.97 Å². The topological polar surface area (TPSA) is 41.9 Å². The van der Waals surface area contributed by atoms with Crippen molar-refractivity contribution in [1.29, 1.82) is 0 Å². The molecule has 4 nitrogen and oxygen atoms in total. The maximum Gasteiger partial charge on any atom is 0.0956 e. The first kappa shape index (κ1) is 29.0. The molecular formula is C47H30N4. The van der Waals surface area contributed by atoms with Crippen molar-refractivity contribution in [3.8, 4) is 22.5 Å². The molecule has 0 amide bonds. The van der Waals surface area contributed by atoms with Gasteiger partial charge in [-0.1, -0.05) is 127 Å². The minimum Gasteiger partial charge on any atom is -0.308 e. The summed E-state index contributed by atoms with van der Waals surface area (Å²) < 4.78 is 0. The molecule has 0 radical (unpaired) electrons. The number of anilines is 3. The lowest BCUT2D eigenvalue weighted by Crippen LogP contribution is -2.11. The van der Waals surface area contributed by atoms with E-state index in [2.05, 4.69) is 174 Å². The Morgan fingerprint density at radius 2 is 1.04 bits per heavy atom. The maximum atomic E-state index is 5.67. The highest BCUT2D eigenvalue weighted by Crippen LogP contribution is 2.45. The molecule has 3 heterocycles. The smallest absolute Gasteiger partial charge is 0.0956 e. The van der Waals surface area contributed by atoms with Crippen LogP contribution in [0.4, 0.5) is 17.1 Å². The first-order chi connectivity index (χ1) is 25.3. The van der Waals surface area contributed by atoms with Crippen molar-refractivity contribution in [3.05, 3.63) is 182 Å². The highest BCUT2D eigenvalue weighted by Gasteiger charge is 2.21. The van der Waals surface area contributed by atoms with Crippen molar-refractivity contribution in [3.63, 3.8) is 0 Å².